The molecule has 0 bridgehead atoms. The second-order valence-corrected chi connectivity index (χ2v) is 14.6. The van der Waals surface area contributed by atoms with E-state index in [0.717, 1.165) is 53.1 Å². The number of sulfonamides is 1. The molecule has 0 spiro atoms. The summed E-state index contributed by atoms with van der Waals surface area (Å²) >= 11 is 12.8. The van der Waals surface area contributed by atoms with Gasteiger partial charge in [-0.05, 0) is 66.8 Å². The van der Waals surface area contributed by atoms with E-state index < -0.39 is 28.5 Å². The maximum Gasteiger partial charge on any atom is 0.264 e. The summed E-state index contributed by atoms with van der Waals surface area (Å²) in [6, 6.07) is 28.7. The van der Waals surface area contributed by atoms with Crippen molar-refractivity contribution in [3.8, 4) is 0 Å². The maximum absolute atomic E-state index is 14.7. The largest absolute Gasteiger partial charge is 0.352 e. The minimum Gasteiger partial charge on any atom is -0.352 e. The van der Waals surface area contributed by atoms with Gasteiger partial charge in [0.25, 0.3) is 10.0 Å². The Balaban J connectivity index is 1.58. The quantitative estimate of drug-likeness (QED) is 0.166. The summed E-state index contributed by atoms with van der Waals surface area (Å²) in [4.78, 5) is 30.4. The Bertz CT molecular complexity index is 1780. The number of amides is 2. The number of carbonyl (C=O) groups is 2. The van der Waals surface area contributed by atoms with Crippen molar-refractivity contribution in [1.82, 2.24) is 10.2 Å². The van der Waals surface area contributed by atoms with Crippen LogP contribution in [0.5, 0.6) is 0 Å². The topological polar surface area (TPSA) is 86.8 Å². The van der Waals surface area contributed by atoms with Gasteiger partial charge in [-0.1, -0.05) is 115 Å². The summed E-state index contributed by atoms with van der Waals surface area (Å²) in [5.74, 6) is -0.803. The molecule has 10 heteroatoms. The zero-order valence-electron chi connectivity index (χ0n) is 26.3. The van der Waals surface area contributed by atoms with E-state index in [0.29, 0.717) is 5.02 Å². The molecule has 246 valence electrons. The van der Waals surface area contributed by atoms with Crippen LogP contribution in [0.2, 0.25) is 10.0 Å². The Morgan fingerprint density at radius 2 is 1.49 bits per heavy atom. The van der Waals surface area contributed by atoms with E-state index in [-0.39, 0.29) is 40.5 Å². The summed E-state index contributed by atoms with van der Waals surface area (Å²) in [6.07, 6.45) is 5.23. The van der Waals surface area contributed by atoms with Gasteiger partial charge in [0.1, 0.15) is 12.6 Å². The smallest absolute Gasteiger partial charge is 0.264 e. The first kappa shape index (κ1) is 34.5. The molecule has 4 aromatic carbocycles. The highest BCUT2D eigenvalue weighted by atomic mass is 35.5. The Morgan fingerprint density at radius 1 is 0.851 bits per heavy atom. The zero-order valence-corrected chi connectivity index (χ0v) is 28.6. The van der Waals surface area contributed by atoms with Crippen LogP contribution in [0.1, 0.15) is 48.8 Å². The lowest BCUT2D eigenvalue weighted by atomic mass is 9.94. The molecule has 0 aromatic heterocycles. The van der Waals surface area contributed by atoms with E-state index in [1.54, 1.807) is 18.2 Å². The minimum atomic E-state index is -4.27. The molecule has 2 amide bonds. The van der Waals surface area contributed by atoms with Crippen molar-refractivity contribution in [2.75, 3.05) is 10.8 Å². The van der Waals surface area contributed by atoms with Crippen LogP contribution >= 0.6 is 23.2 Å². The van der Waals surface area contributed by atoms with Crippen molar-refractivity contribution in [3.63, 3.8) is 0 Å². The average Bonchev–Trinajstić information content (AvgIpc) is 3.07. The molecule has 4 aromatic rings. The summed E-state index contributed by atoms with van der Waals surface area (Å²) in [5.41, 5.74) is 2.79. The number of nitrogens with one attached hydrogen (secondary N) is 1. The van der Waals surface area contributed by atoms with Crippen LogP contribution in [0.15, 0.2) is 108 Å². The third-order valence-corrected chi connectivity index (χ3v) is 10.9. The van der Waals surface area contributed by atoms with E-state index in [9.17, 15) is 18.0 Å². The fourth-order valence-corrected chi connectivity index (χ4v) is 8.00. The van der Waals surface area contributed by atoms with Crippen molar-refractivity contribution in [2.45, 2.75) is 69.0 Å². The van der Waals surface area contributed by atoms with Crippen molar-refractivity contribution >= 4 is 50.7 Å². The van der Waals surface area contributed by atoms with E-state index in [1.165, 1.54) is 35.2 Å². The van der Waals surface area contributed by atoms with E-state index >= 15 is 0 Å². The Labute approximate surface area is 287 Å². The monoisotopic (exact) mass is 691 g/mol. The molecule has 5 rings (SSSR count). The average molecular weight is 693 g/mol. The highest BCUT2D eigenvalue weighted by Crippen LogP contribution is 2.33. The van der Waals surface area contributed by atoms with Crippen LogP contribution in [-0.2, 0) is 32.6 Å². The van der Waals surface area contributed by atoms with Crippen LogP contribution in [0, 0.1) is 6.92 Å². The number of aryl methyl sites for hydroxylation is 1. The Morgan fingerprint density at radius 3 is 2.15 bits per heavy atom. The lowest BCUT2D eigenvalue weighted by Gasteiger charge is -2.35. The van der Waals surface area contributed by atoms with Crippen molar-refractivity contribution in [2.24, 2.45) is 0 Å². The molecule has 7 nitrogen and oxygen atoms in total. The van der Waals surface area contributed by atoms with Crippen LogP contribution in [-0.4, -0.2) is 43.8 Å². The lowest BCUT2D eigenvalue weighted by molar-refractivity contribution is -0.140. The molecule has 0 radical (unpaired) electrons. The number of nitrogens with zero attached hydrogens (tertiary/aromatic N) is 2. The molecule has 1 fully saturated rings. The van der Waals surface area contributed by atoms with E-state index in [4.69, 9.17) is 23.2 Å². The predicted molar refractivity (Wildman–Crippen MR) is 188 cm³/mol. The van der Waals surface area contributed by atoms with E-state index in [1.807, 2.05) is 61.5 Å². The molecule has 47 heavy (non-hydrogen) atoms. The van der Waals surface area contributed by atoms with Gasteiger partial charge >= 0.3 is 0 Å². The molecule has 0 unspecified atom stereocenters. The highest BCUT2D eigenvalue weighted by molar-refractivity contribution is 7.92. The number of halogens is 2. The third kappa shape index (κ3) is 8.74. The third-order valence-electron chi connectivity index (χ3n) is 8.61. The summed E-state index contributed by atoms with van der Waals surface area (Å²) in [7, 11) is -4.27. The standard InChI is InChI=1S/C37H39Cl2N3O4S/c1-27-13-11-12-16-29(27)25-41(35(23-28-14-5-2-6-15-28)37(44)40-31-17-7-3-8-18-31)36(43)26-42(34-22-21-30(38)24-33(34)39)47(45,46)32-19-9-4-10-20-32/h2,4-6,9-16,19-22,24,31,35H,3,7-8,17-18,23,25-26H2,1H3,(H,40,44)/t35-/m0/s1. The van der Waals surface area contributed by atoms with Crippen LogP contribution in [0.25, 0.3) is 0 Å². The lowest BCUT2D eigenvalue weighted by Crippen LogP contribution is -2.55. The number of anilines is 1. The number of hydrogen-bond donors (Lipinski definition) is 1. The van der Waals surface area contributed by atoms with Crippen LogP contribution in [0.4, 0.5) is 5.69 Å². The Kier molecular flexibility index (Phi) is 11.6. The maximum atomic E-state index is 14.7. The summed E-state index contributed by atoms with van der Waals surface area (Å²) in [5, 5.41) is 3.63. The number of benzene rings is 4. The van der Waals surface area contributed by atoms with Gasteiger partial charge in [-0.3, -0.25) is 13.9 Å². The molecular weight excluding hydrogens is 653 g/mol. The summed E-state index contributed by atoms with van der Waals surface area (Å²) < 4.78 is 29.4. The van der Waals surface area contributed by atoms with Crippen molar-refractivity contribution in [3.05, 3.63) is 130 Å². The van der Waals surface area contributed by atoms with Gasteiger partial charge in [0.2, 0.25) is 11.8 Å². The molecule has 1 aliphatic carbocycles. The SMILES string of the molecule is Cc1ccccc1CN(C(=O)CN(c1ccc(Cl)cc1Cl)S(=O)(=O)c1ccccc1)[C@@H](Cc1ccccc1)C(=O)NC1CCCCC1. The molecule has 0 saturated heterocycles. The van der Waals surface area contributed by atoms with Gasteiger partial charge in [0, 0.05) is 24.0 Å². The summed E-state index contributed by atoms with van der Waals surface area (Å²) in [6.45, 7) is 1.47. The Hall–Kier alpha value is -3.85. The number of carbonyl (C=O) groups excluding carboxylic acids is 2. The molecule has 0 aliphatic heterocycles. The van der Waals surface area contributed by atoms with Crippen LogP contribution < -0.4 is 9.62 Å². The molecule has 1 atom stereocenters. The molecule has 0 heterocycles. The molecular formula is C37H39Cl2N3O4S. The van der Waals surface area contributed by atoms with Gasteiger partial charge in [0.05, 0.1) is 15.6 Å². The molecule has 1 saturated carbocycles. The highest BCUT2D eigenvalue weighted by Gasteiger charge is 2.36. The fourth-order valence-electron chi connectivity index (χ4n) is 5.99. The first-order valence-corrected chi connectivity index (χ1v) is 18.0. The number of rotatable bonds is 12. The van der Waals surface area contributed by atoms with Crippen LogP contribution in [0.3, 0.4) is 0 Å². The minimum absolute atomic E-state index is 0.000137. The normalized spacial score (nSPS) is 14.3. The zero-order chi connectivity index (χ0) is 33.4. The second kappa shape index (κ2) is 15.8. The van der Waals surface area contributed by atoms with Gasteiger partial charge < -0.3 is 10.2 Å². The first-order valence-electron chi connectivity index (χ1n) is 15.8. The fraction of sp³-hybridized carbons (Fsp3) is 0.297. The van der Waals surface area contributed by atoms with Gasteiger partial charge in [0.15, 0.2) is 0 Å². The molecule has 1 N–H and O–H groups in total. The van der Waals surface area contributed by atoms with Gasteiger partial charge in [-0.2, -0.15) is 0 Å². The van der Waals surface area contributed by atoms with Gasteiger partial charge in [-0.25, -0.2) is 8.42 Å². The van der Waals surface area contributed by atoms with Crippen molar-refractivity contribution < 1.29 is 18.0 Å². The second-order valence-electron chi connectivity index (χ2n) is 11.9. The van der Waals surface area contributed by atoms with E-state index in [2.05, 4.69) is 5.32 Å². The van der Waals surface area contributed by atoms with Crippen molar-refractivity contribution in [1.29, 1.82) is 0 Å². The first-order chi connectivity index (χ1) is 22.6. The number of hydrogen-bond acceptors (Lipinski definition) is 4. The predicted octanol–water partition coefficient (Wildman–Crippen LogP) is 7.59. The molecule has 1 aliphatic rings. The van der Waals surface area contributed by atoms with Gasteiger partial charge in [-0.15, -0.1) is 0 Å².